The van der Waals surface area contributed by atoms with E-state index in [-0.39, 0.29) is 31.0 Å². The van der Waals surface area contributed by atoms with Gasteiger partial charge < -0.3 is 15.5 Å². The summed E-state index contributed by atoms with van der Waals surface area (Å²) in [5.41, 5.74) is 1.51. The van der Waals surface area contributed by atoms with E-state index in [2.05, 4.69) is 10.6 Å². The Hall–Kier alpha value is -2.03. The molecule has 0 aliphatic carbocycles. The molecule has 9 heteroatoms. The topological polar surface area (TPSA) is 47.6 Å². The number of piperidine rings is 1. The number of benzene rings is 1. The fourth-order valence-electron chi connectivity index (χ4n) is 3.35. The zero-order valence-corrected chi connectivity index (χ0v) is 16.3. The van der Waals surface area contributed by atoms with Gasteiger partial charge in [0.25, 0.3) is 0 Å². The number of hydrogen-bond acceptors (Lipinski definition) is 3. The van der Waals surface area contributed by atoms with Gasteiger partial charge in [0.15, 0.2) is 0 Å². The van der Waals surface area contributed by atoms with Crippen LogP contribution in [0.3, 0.4) is 0 Å². The highest BCUT2D eigenvalue weighted by atomic mass is 19.4. The van der Waals surface area contributed by atoms with E-state index >= 15 is 0 Å². The maximum absolute atomic E-state index is 14.1. The zero-order valence-electron chi connectivity index (χ0n) is 16.3. The lowest BCUT2D eigenvalue weighted by Gasteiger charge is -2.35. The third-order valence-electron chi connectivity index (χ3n) is 4.65. The van der Waals surface area contributed by atoms with Gasteiger partial charge in [-0.25, -0.2) is 9.18 Å². The molecule has 1 fully saturated rings. The highest BCUT2D eigenvalue weighted by Crippen LogP contribution is 2.24. The molecule has 0 saturated carbocycles. The predicted molar refractivity (Wildman–Crippen MR) is 101 cm³/mol. The molecule has 0 radical (unpaired) electrons. The normalized spacial score (nSPS) is 17.7. The van der Waals surface area contributed by atoms with Crippen LogP contribution in [0.4, 0.5) is 28.0 Å². The lowest BCUT2D eigenvalue weighted by molar-refractivity contribution is -0.143. The number of halogens is 4. The standard InChI is InChI=1S/C19H28F4N4O/c1-14-6-7-16(20)17(11-14)27-10-3-5-15(12-27)25-18(28)24-8-4-9-26(2)13-19(21,22)23/h6-7,11,15H,3-5,8-10,12-13H2,1-2H3,(H2,24,25,28). The molecule has 1 saturated heterocycles. The largest absolute Gasteiger partial charge is 0.401 e. The summed E-state index contributed by atoms with van der Waals surface area (Å²) in [7, 11) is 1.40. The van der Waals surface area contributed by atoms with Gasteiger partial charge in [-0.05, 0) is 57.5 Å². The number of nitrogens with zero attached hydrogens (tertiary/aromatic N) is 2. The van der Waals surface area contributed by atoms with E-state index in [1.807, 2.05) is 11.8 Å². The van der Waals surface area contributed by atoms with Gasteiger partial charge in [-0.3, -0.25) is 4.90 Å². The minimum Gasteiger partial charge on any atom is -0.367 e. The fourth-order valence-corrected chi connectivity index (χ4v) is 3.35. The quantitative estimate of drug-likeness (QED) is 0.542. The number of rotatable bonds is 7. The molecule has 1 heterocycles. The number of carbonyl (C=O) groups is 1. The average molecular weight is 404 g/mol. The predicted octanol–water partition coefficient (Wildman–Crippen LogP) is 3.29. The van der Waals surface area contributed by atoms with E-state index in [4.69, 9.17) is 0 Å². The molecule has 1 aliphatic rings. The summed E-state index contributed by atoms with van der Waals surface area (Å²) in [5, 5.41) is 5.54. The number of aryl methyl sites for hydroxylation is 1. The first-order valence-electron chi connectivity index (χ1n) is 9.45. The van der Waals surface area contributed by atoms with E-state index in [0.29, 0.717) is 18.7 Å². The Morgan fingerprint density at radius 1 is 1.36 bits per heavy atom. The Labute approximate surface area is 163 Å². The molecule has 1 unspecified atom stereocenters. The molecule has 158 valence electrons. The van der Waals surface area contributed by atoms with Crippen LogP contribution >= 0.6 is 0 Å². The number of amides is 2. The first kappa shape index (κ1) is 22.3. The van der Waals surface area contributed by atoms with Gasteiger partial charge in [0, 0.05) is 25.7 Å². The van der Waals surface area contributed by atoms with Crippen LogP contribution in [0.2, 0.25) is 0 Å². The number of urea groups is 1. The number of carbonyl (C=O) groups excluding carboxylic acids is 1. The molecule has 5 nitrogen and oxygen atoms in total. The second-order valence-corrected chi connectivity index (χ2v) is 7.35. The smallest absolute Gasteiger partial charge is 0.367 e. The maximum atomic E-state index is 14.1. The van der Waals surface area contributed by atoms with Crippen molar-refractivity contribution in [2.75, 3.05) is 44.7 Å². The number of anilines is 1. The van der Waals surface area contributed by atoms with E-state index in [1.54, 1.807) is 12.1 Å². The number of alkyl halides is 3. The van der Waals surface area contributed by atoms with Crippen molar-refractivity contribution >= 4 is 11.7 Å². The summed E-state index contributed by atoms with van der Waals surface area (Å²) >= 11 is 0. The lowest BCUT2D eigenvalue weighted by Crippen LogP contribution is -2.51. The van der Waals surface area contributed by atoms with Gasteiger partial charge in [-0.15, -0.1) is 0 Å². The second-order valence-electron chi connectivity index (χ2n) is 7.35. The zero-order chi connectivity index (χ0) is 20.7. The van der Waals surface area contributed by atoms with Crippen LogP contribution in [0.15, 0.2) is 18.2 Å². The van der Waals surface area contributed by atoms with Crippen molar-refractivity contribution in [1.82, 2.24) is 15.5 Å². The molecule has 0 bridgehead atoms. The average Bonchev–Trinajstić information content (AvgIpc) is 2.59. The minimum absolute atomic E-state index is 0.110. The molecule has 1 aromatic rings. The van der Waals surface area contributed by atoms with Gasteiger partial charge in [0.1, 0.15) is 5.82 Å². The molecule has 1 atom stereocenters. The molecule has 28 heavy (non-hydrogen) atoms. The van der Waals surface area contributed by atoms with Gasteiger partial charge >= 0.3 is 12.2 Å². The van der Waals surface area contributed by atoms with E-state index in [1.165, 1.54) is 18.0 Å². The first-order valence-corrected chi connectivity index (χ1v) is 9.45. The van der Waals surface area contributed by atoms with Crippen LogP contribution < -0.4 is 15.5 Å². The highest BCUT2D eigenvalue weighted by molar-refractivity contribution is 5.74. The Balaban J connectivity index is 1.72. The number of hydrogen-bond donors (Lipinski definition) is 2. The molecular weight excluding hydrogens is 376 g/mol. The van der Waals surface area contributed by atoms with Crippen LogP contribution in [0.1, 0.15) is 24.8 Å². The Morgan fingerprint density at radius 2 is 2.11 bits per heavy atom. The number of nitrogens with one attached hydrogen (secondary N) is 2. The van der Waals surface area contributed by atoms with Crippen molar-refractivity contribution in [3.05, 3.63) is 29.6 Å². The van der Waals surface area contributed by atoms with Crippen LogP contribution in [-0.2, 0) is 0 Å². The lowest BCUT2D eigenvalue weighted by atomic mass is 10.0. The van der Waals surface area contributed by atoms with E-state index in [9.17, 15) is 22.4 Å². The van der Waals surface area contributed by atoms with Crippen molar-refractivity contribution in [3.8, 4) is 0 Å². The van der Waals surface area contributed by atoms with Gasteiger partial charge in [0.2, 0.25) is 0 Å². The molecule has 2 N–H and O–H groups in total. The van der Waals surface area contributed by atoms with Crippen LogP contribution in [0.25, 0.3) is 0 Å². The van der Waals surface area contributed by atoms with Gasteiger partial charge in [-0.1, -0.05) is 6.07 Å². The highest BCUT2D eigenvalue weighted by Gasteiger charge is 2.28. The summed E-state index contributed by atoms with van der Waals surface area (Å²) in [4.78, 5) is 15.1. The summed E-state index contributed by atoms with van der Waals surface area (Å²) in [6.45, 7) is 2.71. The van der Waals surface area contributed by atoms with Gasteiger partial charge in [-0.2, -0.15) is 13.2 Å². The fraction of sp³-hybridized carbons (Fsp3) is 0.632. The summed E-state index contributed by atoms with van der Waals surface area (Å²) in [6, 6.07) is 4.51. The minimum atomic E-state index is -4.22. The van der Waals surface area contributed by atoms with E-state index < -0.39 is 12.7 Å². The molecule has 0 aromatic heterocycles. The van der Waals surface area contributed by atoms with Crippen molar-refractivity contribution in [1.29, 1.82) is 0 Å². The second kappa shape index (κ2) is 9.95. The monoisotopic (exact) mass is 404 g/mol. The van der Waals surface area contributed by atoms with Crippen molar-refractivity contribution < 1.29 is 22.4 Å². The maximum Gasteiger partial charge on any atom is 0.401 e. The summed E-state index contributed by atoms with van der Waals surface area (Å²) < 4.78 is 50.9. The Kier molecular flexibility index (Phi) is 7.91. The molecular formula is C19H28F4N4O. The summed E-state index contributed by atoms with van der Waals surface area (Å²) in [5.74, 6) is -0.279. The summed E-state index contributed by atoms with van der Waals surface area (Å²) in [6.07, 6.45) is -2.17. The Bertz CT molecular complexity index is 653. The van der Waals surface area contributed by atoms with Crippen molar-refractivity contribution in [2.45, 2.75) is 38.4 Å². The van der Waals surface area contributed by atoms with Crippen molar-refractivity contribution in [3.63, 3.8) is 0 Å². The first-order chi connectivity index (χ1) is 13.1. The Morgan fingerprint density at radius 3 is 2.82 bits per heavy atom. The van der Waals surface area contributed by atoms with E-state index in [0.717, 1.165) is 24.9 Å². The van der Waals surface area contributed by atoms with Gasteiger partial charge in [0.05, 0.1) is 12.2 Å². The third kappa shape index (κ3) is 7.53. The van der Waals surface area contributed by atoms with Crippen LogP contribution in [0.5, 0.6) is 0 Å². The molecule has 0 spiro atoms. The van der Waals surface area contributed by atoms with Crippen LogP contribution in [0, 0.1) is 12.7 Å². The van der Waals surface area contributed by atoms with Crippen LogP contribution in [-0.4, -0.2) is 62.9 Å². The third-order valence-corrected chi connectivity index (χ3v) is 4.65. The molecule has 2 amide bonds. The molecule has 2 rings (SSSR count). The van der Waals surface area contributed by atoms with Crippen molar-refractivity contribution in [2.24, 2.45) is 0 Å². The molecule has 1 aromatic carbocycles. The SMILES string of the molecule is Cc1ccc(F)c(N2CCCC(NC(=O)NCCCN(C)CC(F)(F)F)C2)c1. The molecule has 1 aliphatic heterocycles.